The molecule has 1 aromatic carbocycles. The minimum atomic E-state index is -4.38. The fraction of sp³-hybridized carbons (Fsp3) is 0.600. The molecule has 1 saturated carbocycles. The summed E-state index contributed by atoms with van der Waals surface area (Å²) in [6.45, 7) is 3.17. The number of aromatic nitrogens is 2. The van der Waals surface area contributed by atoms with Crippen molar-refractivity contribution in [3.05, 3.63) is 41.6 Å². The van der Waals surface area contributed by atoms with Crippen LogP contribution in [0.1, 0.15) is 49.7 Å². The fourth-order valence-electron chi connectivity index (χ4n) is 5.49. The van der Waals surface area contributed by atoms with Gasteiger partial charge in [-0.25, -0.2) is 13.2 Å². The molecule has 0 atom stereocenters. The van der Waals surface area contributed by atoms with E-state index in [0.29, 0.717) is 31.4 Å². The third kappa shape index (κ3) is 6.25. The molecule has 5 rings (SSSR count). The van der Waals surface area contributed by atoms with Crippen LogP contribution < -0.4 is 9.62 Å². The molecule has 3 fully saturated rings. The van der Waals surface area contributed by atoms with Gasteiger partial charge in [-0.1, -0.05) is 6.07 Å². The molecule has 3 heterocycles. The lowest BCUT2D eigenvalue weighted by molar-refractivity contribution is -0.137. The van der Waals surface area contributed by atoms with E-state index >= 15 is 0 Å². The van der Waals surface area contributed by atoms with E-state index in [4.69, 9.17) is 0 Å². The van der Waals surface area contributed by atoms with Crippen molar-refractivity contribution >= 4 is 27.6 Å². The normalized spacial score (nSPS) is 19.4. The van der Waals surface area contributed by atoms with Gasteiger partial charge in [-0.2, -0.15) is 17.9 Å². The smallest absolute Gasteiger partial charge is 0.371 e. The molecule has 13 heteroatoms. The number of nitrogens with zero attached hydrogens (tertiary/aromatic N) is 5. The van der Waals surface area contributed by atoms with E-state index in [1.165, 1.54) is 24.4 Å². The van der Waals surface area contributed by atoms with Gasteiger partial charge in [0.05, 0.1) is 11.8 Å². The van der Waals surface area contributed by atoms with Crippen LogP contribution in [-0.4, -0.2) is 78.5 Å². The first-order chi connectivity index (χ1) is 18.0. The molecule has 2 aromatic rings. The number of halogens is 3. The second-order valence-electron chi connectivity index (χ2n) is 10.5. The molecule has 3 aliphatic rings. The summed E-state index contributed by atoms with van der Waals surface area (Å²) in [7, 11) is -3.49. The average molecular weight is 555 g/mol. The fourth-order valence-corrected chi connectivity index (χ4v) is 5.98. The maximum absolute atomic E-state index is 13.5. The van der Waals surface area contributed by atoms with Gasteiger partial charge in [-0.3, -0.25) is 9.62 Å². The van der Waals surface area contributed by atoms with Crippen LogP contribution in [0.3, 0.4) is 0 Å². The summed E-state index contributed by atoms with van der Waals surface area (Å²) >= 11 is 0. The van der Waals surface area contributed by atoms with Crippen molar-refractivity contribution in [1.82, 2.24) is 19.6 Å². The molecule has 2 aliphatic heterocycles. The Labute approximate surface area is 220 Å². The Morgan fingerprint density at radius 3 is 2.32 bits per heavy atom. The highest BCUT2D eigenvalue weighted by Gasteiger charge is 2.38. The van der Waals surface area contributed by atoms with Gasteiger partial charge < -0.3 is 9.80 Å². The Morgan fingerprint density at radius 2 is 1.71 bits per heavy atom. The summed E-state index contributed by atoms with van der Waals surface area (Å²) in [5, 5.41) is 4.03. The number of nitrogens with one attached hydrogen (secondary N) is 1. The zero-order valence-corrected chi connectivity index (χ0v) is 22.1. The molecule has 1 N–H and O–H groups in total. The number of sulfonamides is 1. The van der Waals surface area contributed by atoms with Crippen molar-refractivity contribution < 1.29 is 26.4 Å². The molecule has 1 aliphatic carbocycles. The Hall–Kier alpha value is -2.80. The van der Waals surface area contributed by atoms with Gasteiger partial charge in [-0.15, -0.1) is 5.10 Å². The van der Waals surface area contributed by atoms with E-state index in [2.05, 4.69) is 19.6 Å². The van der Waals surface area contributed by atoms with Crippen LogP contribution in [0.5, 0.6) is 0 Å². The lowest BCUT2D eigenvalue weighted by Gasteiger charge is -2.39. The first kappa shape index (κ1) is 26.8. The van der Waals surface area contributed by atoms with Gasteiger partial charge in [0.25, 0.3) is 0 Å². The van der Waals surface area contributed by atoms with Crippen molar-refractivity contribution in [1.29, 1.82) is 0 Å². The van der Waals surface area contributed by atoms with Crippen LogP contribution in [0.25, 0.3) is 0 Å². The van der Waals surface area contributed by atoms with E-state index in [9.17, 15) is 26.4 Å². The Kier molecular flexibility index (Phi) is 7.33. The van der Waals surface area contributed by atoms with Crippen molar-refractivity contribution in [3.8, 4) is 0 Å². The monoisotopic (exact) mass is 554 g/mol. The number of carbonyl (C=O) groups is 1. The maximum Gasteiger partial charge on any atom is 0.416 e. The molecule has 0 unspecified atom stereocenters. The predicted molar refractivity (Wildman–Crippen MR) is 138 cm³/mol. The minimum Gasteiger partial charge on any atom is -0.371 e. The van der Waals surface area contributed by atoms with Crippen molar-refractivity contribution in [2.45, 2.75) is 63.3 Å². The Balaban J connectivity index is 1.26. The number of piperidine rings is 1. The summed E-state index contributed by atoms with van der Waals surface area (Å²) < 4.78 is 66.7. The van der Waals surface area contributed by atoms with Gasteiger partial charge in [0.1, 0.15) is 0 Å². The average Bonchev–Trinajstić information content (AvgIpc) is 3.34. The molecule has 2 saturated heterocycles. The summed E-state index contributed by atoms with van der Waals surface area (Å²) in [4.78, 5) is 19.1. The highest BCUT2D eigenvalue weighted by atomic mass is 32.2. The molecular formula is C25H33F3N6O3S. The second-order valence-corrected chi connectivity index (χ2v) is 12.2. The van der Waals surface area contributed by atoms with Gasteiger partial charge in [0.15, 0.2) is 5.82 Å². The molecule has 9 nitrogen and oxygen atoms in total. The lowest BCUT2D eigenvalue weighted by Crippen LogP contribution is -2.48. The topological polar surface area (TPSA) is 90.8 Å². The van der Waals surface area contributed by atoms with E-state index in [1.54, 1.807) is 11.0 Å². The minimum absolute atomic E-state index is 0.0843. The molecule has 1 amide bonds. The SMILES string of the molecule is CS(=O)(=O)Nc1ccn(C(=O)N2CCC(N(Cc3ccc(C(F)(F)F)cc3N3CCCC3)C3CC3)CC2)n1. The first-order valence-electron chi connectivity index (χ1n) is 13.0. The molecule has 0 spiro atoms. The van der Waals surface area contributed by atoms with E-state index in [1.807, 2.05) is 0 Å². The first-order valence-corrected chi connectivity index (χ1v) is 14.9. The van der Waals surface area contributed by atoms with Gasteiger partial charge >= 0.3 is 12.2 Å². The quantitative estimate of drug-likeness (QED) is 0.557. The number of anilines is 2. The van der Waals surface area contributed by atoms with Crippen LogP contribution in [0.4, 0.5) is 29.5 Å². The number of hydrogen-bond acceptors (Lipinski definition) is 6. The third-order valence-corrected chi connectivity index (χ3v) is 8.09. The molecule has 0 bridgehead atoms. The number of rotatable bonds is 7. The standard InChI is InChI=1S/C25H33F3N6O3S/c1-38(36,37)30-23-10-15-34(29-23)24(35)32-13-8-21(9-14-32)33(20-6-7-20)17-18-4-5-19(25(26,27)28)16-22(18)31-11-2-3-12-31/h4-5,10,15-16,20-21H,2-3,6-9,11-14,17H2,1H3,(H,29,30). The largest absolute Gasteiger partial charge is 0.416 e. The van der Waals surface area contributed by atoms with E-state index < -0.39 is 21.8 Å². The zero-order chi connectivity index (χ0) is 27.1. The summed E-state index contributed by atoms with van der Waals surface area (Å²) in [5.41, 5.74) is 1.00. The van der Waals surface area contributed by atoms with Crippen LogP contribution in [0.15, 0.2) is 30.5 Å². The number of hydrogen-bond donors (Lipinski definition) is 1. The van der Waals surface area contributed by atoms with Crippen molar-refractivity contribution in [3.63, 3.8) is 0 Å². The number of benzene rings is 1. The zero-order valence-electron chi connectivity index (χ0n) is 21.3. The summed E-state index contributed by atoms with van der Waals surface area (Å²) in [6, 6.07) is 5.89. The van der Waals surface area contributed by atoms with Gasteiger partial charge in [0.2, 0.25) is 10.0 Å². The molecular weight excluding hydrogens is 521 g/mol. The van der Waals surface area contributed by atoms with Crippen molar-refractivity contribution in [2.75, 3.05) is 42.1 Å². The number of carbonyl (C=O) groups excluding carboxylic acids is 1. The van der Waals surface area contributed by atoms with Crippen LogP contribution in [0.2, 0.25) is 0 Å². The predicted octanol–water partition coefficient (Wildman–Crippen LogP) is 3.97. The maximum atomic E-state index is 13.5. The van der Waals surface area contributed by atoms with Crippen molar-refractivity contribution in [2.24, 2.45) is 0 Å². The van der Waals surface area contributed by atoms with Gasteiger partial charge in [0, 0.05) is 62.8 Å². The lowest BCUT2D eigenvalue weighted by atomic mass is 10.0. The van der Waals surface area contributed by atoms with E-state index in [-0.39, 0.29) is 17.9 Å². The molecule has 0 radical (unpaired) electrons. The molecule has 208 valence electrons. The Morgan fingerprint density at radius 1 is 1.05 bits per heavy atom. The number of amides is 1. The third-order valence-electron chi connectivity index (χ3n) is 7.51. The Bertz CT molecular complexity index is 1260. The molecule has 1 aromatic heterocycles. The van der Waals surface area contributed by atoms with Crippen LogP contribution in [0, 0.1) is 0 Å². The van der Waals surface area contributed by atoms with Crippen LogP contribution >= 0.6 is 0 Å². The van der Waals surface area contributed by atoms with E-state index in [0.717, 1.165) is 68.1 Å². The highest BCUT2D eigenvalue weighted by molar-refractivity contribution is 7.92. The summed E-state index contributed by atoms with van der Waals surface area (Å²) in [5.74, 6) is 0.0843. The number of likely N-dealkylation sites (tertiary alicyclic amines) is 1. The highest BCUT2D eigenvalue weighted by Crippen LogP contribution is 2.38. The molecule has 38 heavy (non-hydrogen) atoms. The number of alkyl halides is 3. The van der Waals surface area contributed by atoms with Crippen LogP contribution in [-0.2, 0) is 22.7 Å². The second kappa shape index (κ2) is 10.4. The summed E-state index contributed by atoms with van der Waals surface area (Å²) in [6.07, 6.45) is 3.68. The van der Waals surface area contributed by atoms with Gasteiger partial charge in [-0.05, 0) is 56.2 Å².